The van der Waals surface area contributed by atoms with E-state index in [0.717, 1.165) is 19.1 Å². The van der Waals surface area contributed by atoms with Gasteiger partial charge in [0.05, 0.1) is 0 Å². The monoisotopic (exact) mass is 269 g/mol. The number of aromatic carboxylic acids is 1. The standard InChI is InChI=1S/C11H11NO7/c1-5(13)12-7(9(14)15)4-6-2-3-8(10(16)17)19-11(6)18/h2-3,7H,4H2,1H3,(H,12,13)(H,14,15)(H,16,17)/t7-/m0/s1. The predicted molar refractivity (Wildman–Crippen MR) is 60.9 cm³/mol. The Labute approximate surface area is 106 Å². The largest absolute Gasteiger partial charge is 0.480 e. The molecule has 0 aliphatic carbocycles. The van der Waals surface area contributed by atoms with E-state index in [1.807, 2.05) is 0 Å². The fraction of sp³-hybridized carbons (Fsp3) is 0.273. The molecule has 102 valence electrons. The molecule has 1 atom stereocenters. The first-order valence-corrected chi connectivity index (χ1v) is 5.17. The third-order valence-corrected chi connectivity index (χ3v) is 2.21. The maximum absolute atomic E-state index is 11.5. The molecule has 0 aliphatic heterocycles. The van der Waals surface area contributed by atoms with Crippen molar-refractivity contribution in [3.05, 3.63) is 33.9 Å². The highest BCUT2D eigenvalue weighted by molar-refractivity contribution is 5.84. The Morgan fingerprint density at radius 3 is 2.37 bits per heavy atom. The van der Waals surface area contributed by atoms with Gasteiger partial charge in [0, 0.05) is 18.9 Å². The molecule has 19 heavy (non-hydrogen) atoms. The van der Waals surface area contributed by atoms with Gasteiger partial charge in [-0.25, -0.2) is 14.4 Å². The molecule has 3 N–H and O–H groups in total. The van der Waals surface area contributed by atoms with Crippen molar-refractivity contribution < 1.29 is 29.0 Å². The number of carbonyl (C=O) groups excluding carboxylic acids is 1. The van der Waals surface area contributed by atoms with Gasteiger partial charge >= 0.3 is 17.6 Å². The zero-order valence-corrected chi connectivity index (χ0v) is 9.87. The van der Waals surface area contributed by atoms with E-state index in [0.29, 0.717) is 0 Å². The second-order valence-electron chi connectivity index (χ2n) is 3.71. The number of hydrogen-bond donors (Lipinski definition) is 3. The number of carboxylic acids is 2. The number of amides is 1. The summed E-state index contributed by atoms with van der Waals surface area (Å²) in [6.07, 6.45) is -0.294. The van der Waals surface area contributed by atoms with Crippen molar-refractivity contribution in [1.82, 2.24) is 5.32 Å². The van der Waals surface area contributed by atoms with Crippen LogP contribution in [0.2, 0.25) is 0 Å². The van der Waals surface area contributed by atoms with E-state index in [9.17, 15) is 19.2 Å². The van der Waals surface area contributed by atoms with Crippen molar-refractivity contribution in [2.45, 2.75) is 19.4 Å². The molecule has 0 unspecified atom stereocenters. The van der Waals surface area contributed by atoms with Crippen LogP contribution in [-0.2, 0) is 16.0 Å². The molecule has 0 fully saturated rings. The van der Waals surface area contributed by atoms with Crippen LogP contribution < -0.4 is 10.9 Å². The van der Waals surface area contributed by atoms with Crippen LogP contribution in [0.15, 0.2) is 21.3 Å². The lowest BCUT2D eigenvalue weighted by Crippen LogP contribution is -2.42. The number of nitrogens with one attached hydrogen (secondary N) is 1. The first-order valence-electron chi connectivity index (χ1n) is 5.17. The van der Waals surface area contributed by atoms with Crippen molar-refractivity contribution >= 4 is 17.8 Å². The summed E-state index contributed by atoms with van der Waals surface area (Å²) in [7, 11) is 0. The van der Waals surface area contributed by atoms with Crippen LogP contribution in [0, 0.1) is 0 Å². The summed E-state index contributed by atoms with van der Waals surface area (Å²) in [6, 6.07) is 0.926. The zero-order chi connectivity index (χ0) is 14.6. The summed E-state index contributed by atoms with van der Waals surface area (Å²) in [5.41, 5.74) is -0.984. The summed E-state index contributed by atoms with van der Waals surface area (Å²) in [6.45, 7) is 1.14. The average Bonchev–Trinajstić information content (AvgIpc) is 2.29. The molecular weight excluding hydrogens is 258 g/mol. The van der Waals surface area contributed by atoms with Crippen LogP contribution >= 0.6 is 0 Å². The summed E-state index contributed by atoms with van der Waals surface area (Å²) < 4.78 is 4.49. The number of hydrogen-bond acceptors (Lipinski definition) is 5. The van der Waals surface area contributed by atoms with Gasteiger partial charge in [-0.15, -0.1) is 0 Å². The molecule has 0 aromatic carbocycles. The Hall–Kier alpha value is -2.64. The summed E-state index contributed by atoms with van der Waals surface area (Å²) >= 11 is 0. The van der Waals surface area contributed by atoms with Gasteiger partial charge in [-0.1, -0.05) is 0 Å². The van der Waals surface area contributed by atoms with Crippen LogP contribution in [0.1, 0.15) is 23.0 Å². The van der Waals surface area contributed by atoms with Crippen molar-refractivity contribution in [1.29, 1.82) is 0 Å². The molecule has 8 nitrogen and oxygen atoms in total. The van der Waals surface area contributed by atoms with Gasteiger partial charge < -0.3 is 19.9 Å². The fourth-order valence-corrected chi connectivity index (χ4v) is 1.38. The van der Waals surface area contributed by atoms with Gasteiger partial charge in [-0.3, -0.25) is 4.79 Å². The molecule has 1 heterocycles. The third-order valence-electron chi connectivity index (χ3n) is 2.21. The lowest BCUT2D eigenvalue weighted by molar-refractivity contribution is -0.141. The highest BCUT2D eigenvalue weighted by atomic mass is 16.4. The molecule has 1 amide bonds. The summed E-state index contributed by atoms with van der Waals surface area (Å²) in [5, 5.41) is 19.6. The minimum Gasteiger partial charge on any atom is -0.480 e. The summed E-state index contributed by atoms with van der Waals surface area (Å²) in [5.74, 6) is -3.81. The van der Waals surface area contributed by atoms with Crippen LogP contribution in [0.25, 0.3) is 0 Å². The van der Waals surface area contributed by atoms with Crippen molar-refractivity contribution in [3.8, 4) is 0 Å². The number of carboxylic acid groups (broad SMARTS) is 2. The van der Waals surface area contributed by atoms with E-state index >= 15 is 0 Å². The molecule has 0 radical (unpaired) electrons. The lowest BCUT2D eigenvalue weighted by Gasteiger charge is -2.12. The predicted octanol–water partition coefficient (Wildman–Crippen LogP) is -0.530. The van der Waals surface area contributed by atoms with E-state index in [1.165, 1.54) is 0 Å². The van der Waals surface area contributed by atoms with E-state index in [1.54, 1.807) is 0 Å². The van der Waals surface area contributed by atoms with E-state index in [2.05, 4.69) is 9.73 Å². The normalized spacial score (nSPS) is 11.6. The Morgan fingerprint density at radius 1 is 1.32 bits per heavy atom. The molecule has 8 heteroatoms. The number of aliphatic carboxylic acids is 1. The maximum Gasteiger partial charge on any atom is 0.371 e. The van der Waals surface area contributed by atoms with Gasteiger partial charge in [0.2, 0.25) is 11.7 Å². The molecule has 0 aliphatic rings. The second-order valence-corrected chi connectivity index (χ2v) is 3.71. The molecule has 0 saturated carbocycles. The van der Waals surface area contributed by atoms with Gasteiger partial charge in [0.15, 0.2) is 0 Å². The minimum atomic E-state index is -1.40. The van der Waals surface area contributed by atoms with Crippen molar-refractivity contribution in [2.75, 3.05) is 0 Å². The van der Waals surface area contributed by atoms with Crippen molar-refractivity contribution in [2.24, 2.45) is 0 Å². The Bertz CT molecular complexity index is 575. The number of carbonyl (C=O) groups is 3. The molecule has 1 aromatic rings. The van der Waals surface area contributed by atoms with Crippen LogP contribution in [0.5, 0.6) is 0 Å². The van der Waals surface area contributed by atoms with Gasteiger partial charge in [0.1, 0.15) is 6.04 Å². The van der Waals surface area contributed by atoms with E-state index < -0.39 is 35.3 Å². The smallest absolute Gasteiger partial charge is 0.371 e. The molecule has 0 spiro atoms. The van der Waals surface area contributed by atoms with Gasteiger partial charge in [-0.05, 0) is 12.1 Å². The SMILES string of the molecule is CC(=O)N[C@@H](Cc1ccc(C(=O)O)oc1=O)C(=O)O. The lowest BCUT2D eigenvalue weighted by atomic mass is 10.1. The third kappa shape index (κ3) is 3.95. The Balaban J connectivity index is 2.97. The molecular formula is C11H11NO7. The highest BCUT2D eigenvalue weighted by Crippen LogP contribution is 2.02. The highest BCUT2D eigenvalue weighted by Gasteiger charge is 2.21. The minimum absolute atomic E-state index is 0.0360. The first-order chi connectivity index (χ1) is 8.81. The topological polar surface area (TPSA) is 134 Å². The van der Waals surface area contributed by atoms with E-state index in [4.69, 9.17) is 10.2 Å². The van der Waals surface area contributed by atoms with Crippen LogP contribution in [0.4, 0.5) is 0 Å². The molecule has 0 bridgehead atoms. The fourth-order valence-electron chi connectivity index (χ4n) is 1.38. The molecule has 1 aromatic heterocycles. The number of rotatable bonds is 5. The van der Waals surface area contributed by atoms with Gasteiger partial charge in [0.25, 0.3) is 0 Å². The first kappa shape index (κ1) is 14.4. The van der Waals surface area contributed by atoms with Crippen LogP contribution in [0.3, 0.4) is 0 Å². The zero-order valence-electron chi connectivity index (χ0n) is 9.87. The summed E-state index contributed by atoms with van der Waals surface area (Å²) in [4.78, 5) is 43.7. The Morgan fingerprint density at radius 2 is 1.95 bits per heavy atom. The maximum atomic E-state index is 11.5. The van der Waals surface area contributed by atoms with Gasteiger partial charge in [-0.2, -0.15) is 0 Å². The average molecular weight is 269 g/mol. The molecule has 0 saturated heterocycles. The second kappa shape index (κ2) is 5.80. The molecule has 1 rings (SSSR count). The van der Waals surface area contributed by atoms with E-state index in [-0.39, 0.29) is 12.0 Å². The van der Waals surface area contributed by atoms with Crippen LogP contribution in [-0.4, -0.2) is 34.1 Å². The van der Waals surface area contributed by atoms with Crippen molar-refractivity contribution in [3.63, 3.8) is 0 Å². The quantitative estimate of drug-likeness (QED) is 0.654. The Kier molecular flexibility index (Phi) is 4.41.